The Morgan fingerprint density at radius 2 is 2.23 bits per heavy atom. The van der Waals surface area contributed by atoms with Crippen molar-refractivity contribution in [2.75, 3.05) is 26.2 Å². The quantitative estimate of drug-likeness (QED) is 0.902. The number of hydrogen-bond donors (Lipinski definition) is 2. The molecule has 2 aromatic rings. The van der Waals surface area contributed by atoms with Crippen molar-refractivity contribution in [3.63, 3.8) is 0 Å². The molecule has 0 unspecified atom stereocenters. The van der Waals surface area contributed by atoms with E-state index in [1.165, 1.54) is 0 Å². The molecule has 0 aromatic carbocycles. The van der Waals surface area contributed by atoms with Crippen LogP contribution in [-0.4, -0.2) is 52.2 Å². The molecule has 1 amide bonds. The lowest BCUT2D eigenvalue weighted by atomic mass is 9.96. The molecule has 2 N–H and O–H groups in total. The lowest BCUT2D eigenvalue weighted by Gasteiger charge is -2.32. The number of pyridine rings is 1. The fourth-order valence-corrected chi connectivity index (χ4v) is 3.01. The van der Waals surface area contributed by atoms with Crippen molar-refractivity contribution in [2.45, 2.75) is 26.7 Å². The van der Waals surface area contributed by atoms with Gasteiger partial charge >= 0.3 is 0 Å². The fraction of sp³-hybridized carbons (Fsp3) is 0.562. The van der Waals surface area contributed by atoms with Gasteiger partial charge in [0.05, 0.1) is 5.56 Å². The molecule has 118 valence electrons. The van der Waals surface area contributed by atoms with E-state index < -0.39 is 0 Å². The first kappa shape index (κ1) is 15.0. The number of carbonyl (C=O) groups excluding carboxylic acids is 1. The summed E-state index contributed by atoms with van der Waals surface area (Å²) in [4.78, 5) is 18.9. The average Bonchev–Trinajstić information content (AvgIpc) is 2.93. The molecule has 22 heavy (non-hydrogen) atoms. The van der Waals surface area contributed by atoms with Gasteiger partial charge in [-0.1, -0.05) is 6.92 Å². The summed E-state index contributed by atoms with van der Waals surface area (Å²) < 4.78 is 0. The van der Waals surface area contributed by atoms with Gasteiger partial charge in [0.2, 0.25) is 0 Å². The maximum atomic E-state index is 12.6. The van der Waals surface area contributed by atoms with Gasteiger partial charge in [-0.2, -0.15) is 5.10 Å². The predicted molar refractivity (Wildman–Crippen MR) is 85.8 cm³/mol. The third-order valence-electron chi connectivity index (χ3n) is 4.43. The van der Waals surface area contributed by atoms with Crippen LogP contribution in [0.5, 0.6) is 0 Å². The van der Waals surface area contributed by atoms with Crippen LogP contribution in [0.15, 0.2) is 12.3 Å². The summed E-state index contributed by atoms with van der Waals surface area (Å²) >= 11 is 0. The van der Waals surface area contributed by atoms with Crippen molar-refractivity contribution in [2.24, 2.45) is 5.92 Å². The van der Waals surface area contributed by atoms with Crippen LogP contribution in [-0.2, 0) is 0 Å². The highest BCUT2D eigenvalue weighted by molar-refractivity contribution is 5.97. The second kappa shape index (κ2) is 6.44. The number of H-pyrrole nitrogens is 1. The standard InChI is InChI=1S/C16H23N5O/c1-3-17-9-12-4-6-21(7-5-12)16(22)13-8-14-11(2)19-20-15(14)18-10-13/h8,10,12,17H,3-7,9H2,1-2H3,(H,18,19,20). The van der Waals surface area contributed by atoms with Crippen molar-refractivity contribution in [3.05, 3.63) is 23.5 Å². The van der Waals surface area contributed by atoms with Gasteiger partial charge in [0.15, 0.2) is 5.65 Å². The summed E-state index contributed by atoms with van der Waals surface area (Å²) in [5, 5.41) is 11.3. The van der Waals surface area contributed by atoms with Gasteiger partial charge in [-0.3, -0.25) is 9.89 Å². The zero-order valence-corrected chi connectivity index (χ0v) is 13.2. The maximum Gasteiger partial charge on any atom is 0.255 e. The molecular formula is C16H23N5O. The normalized spacial score (nSPS) is 16.4. The summed E-state index contributed by atoms with van der Waals surface area (Å²) in [7, 11) is 0. The van der Waals surface area contributed by atoms with Crippen LogP contribution >= 0.6 is 0 Å². The molecule has 6 nitrogen and oxygen atoms in total. The van der Waals surface area contributed by atoms with Crippen LogP contribution in [0.2, 0.25) is 0 Å². The number of nitrogens with zero attached hydrogens (tertiary/aromatic N) is 3. The van der Waals surface area contributed by atoms with E-state index in [4.69, 9.17) is 0 Å². The van der Waals surface area contributed by atoms with E-state index in [0.29, 0.717) is 17.1 Å². The van der Waals surface area contributed by atoms with E-state index >= 15 is 0 Å². The molecule has 6 heteroatoms. The largest absolute Gasteiger partial charge is 0.339 e. The van der Waals surface area contributed by atoms with Gasteiger partial charge < -0.3 is 10.2 Å². The number of fused-ring (bicyclic) bond motifs is 1. The number of likely N-dealkylation sites (tertiary alicyclic amines) is 1. The van der Waals surface area contributed by atoms with E-state index in [-0.39, 0.29) is 5.91 Å². The number of aromatic amines is 1. The Hall–Kier alpha value is -1.95. The zero-order valence-electron chi connectivity index (χ0n) is 13.2. The van der Waals surface area contributed by atoms with Crippen LogP contribution in [0, 0.1) is 12.8 Å². The van der Waals surface area contributed by atoms with Crippen molar-refractivity contribution in [3.8, 4) is 0 Å². The number of aromatic nitrogens is 3. The molecular weight excluding hydrogens is 278 g/mol. The van der Waals surface area contributed by atoms with Crippen LogP contribution in [0.4, 0.5) is 0 Å². The van der Waals surface area contributed by atoms with Crippen molar-refractivity contribution in [1.82, 2.24) is 25.4 Å². The van der Waals surface area contributed by atoms with Gasteiger partial charge in [-0.25, -0.2) is 4.98 Å². The number of nitrogens with one attached hydrogen (secondary N) is 2. The Morgan fingerprint density at radius 1 is 1.45 bits per heavy atom. The van der Waals surface area contributed by atoms with Crippen LogP contribution in [0.1, 0.15) is 35.8 Å². The van der Waals surface area contributed by atoms with Crippen LogP contribution in [0.25, 0.3) is 11.0 Å². The Kier molecular flexibility index (Phi) is 4.38. The monoisotopic (exact) mass is 301 g/mol. The maximum absolute atomic E-state index is 12.6. The van der Waals surface area contributed by atoms with Gasteiger partial charge in [0.1, 0.15) is 0 Å². The van der Waals surface area contributed by atoms with E-state index in [1.807, 2.05) is 17.9 Å². The van der Waals surface area contributed by atoms with Crippen LogP contribution < -0.4 is 5.32 Å². The van der Waals surface area contributed by atoms with Gasteiger partial charge in [-0.05, 0) is 44.8 Å². The number of amides is 1. The molecule has 0 atom stereocenters. The molecule has 1 fully saturated rings. The van der Waals surface area contributed by atoms with Crippen molar-refractivity contribution in [1.29, 1.82) is 0 Å². The molecule has 0 bridgehead atoms. The highest BCUT2D eigenvalue weighted by Crippen LogP contribution is 2.20. The molecule has 0 spiro atoms. The minimum Gasteiger partial charge on any atom is -0.339 e. The third-order valence-corrected chi connectivity index (χ3v) is 4.43. The molecule has 0 saturated carbocycles. The highest BCUT2D eigenvalue weighted by atomic mass is 16.2. The highest BCUT2D eigenvalue weighted by Gasteiger charge is 2.24. The summed E-state index contributed by atoms with van der Waals surface area (Å²) in [6.45, 7) is 7.79. The summed E-state index contributed by atoms with van der Waals surface area (Å²) in [5.41, 5.74) is 2.27. The van der Waals surface area contributed by atoms with Gasteiger partial charge in [0.25, 0.3) is 5.91 Å². The Morgan fingerprint density at radius 3 is 2.95 bits per heavy atom. The number of piperidine rings is 1. The lowest BCUT2D eigenvalue weighted by molar-refractivity contribution is 0.0690. The Bertz CT molecular complexity index is 658. The summed E-state index contributed by atoms with van der Waals surface area (Å²) in [6.07, 6.45) is 3.77. The first-order chi connectivity index (χ1) is 10.7. The number of carbonyl (C=O) groups is 1. The molecule has 3 rings (SSSR count). The number of hydrogen-bond acceptors (Lipinski definition) is 4. The summed E-state index contributed by atoms with van der Waals surface area (Å²) in [5.74, 6) is 0.762. The van der Waals surface area contributed by atoms with Crippen molar-refractivity contribution < 1.29 is 4.79 Å². The Labute approximate surface area is 130 Å². The second-order valence-electron chi connectivity index (χ2n) is 5.99. The van der Waals surface area contributed by atoms with E-state index in [2.05, 4.69) is 27.4 Å². The fourth-order valence-electron chi connectivity index (χ4n) is 3.01. The minimum atomic E-state index is 0.0805. The molecule has 3 heterocycles. The smallest absolute Gasteiger partial charge is 0.255 e. The van der Waals surface area contributed by atoms with Crippen LogP contribution in [0.3, 0.4) is 0 Å². The van der Waals surface area contributed by atoms with Gasteiger partial charge in [0, 0.05) is 30.4 Å². The lowest BCUT2D eigenvalue weighted by Crippen LogP contribution is -2.40. The zero-order chi connectivity index (χ0) is 15.5. The van der Waals surface area contributed by atoms with Crippen molar-refractivity contribution >= 4 is 16.9 Å². The topological polar surface area (TPSA) is 73.9 Å². The minimum absolute atomic E-state index is 0.0805. The molecule has 2 aromatic heterocycles. The molecule has 1 aliphatic heterocycles. The molecule has 1 saturated heterocycles. The SMILES string of the molecule is CCNCC1CCN(C(=O)c2cnc3n[nH]c(C)c3c2)CC1. The molecule has 1 aliphatic rings. The molecule has 0 radical (unpaired) electrons. The van der Waals surface area contributed by atoms with E-state index in [9.17, 15) is 4.79 Å². The number of rotatable bonds is 4. The molecule has 0 aliphatic carbocycles. The van der Waals surface area contributed by atoms with Gasteiger partial charge in [-0.15, -0.1) is 0 Å². The van der Waals surface area contributed by atoms with E-state index in [0.717, 1.165) is 50.1 Å². The van der Waals surface area contributed by atoms with E-state index in [1.54, 1.807) is 6.20 Å². The Balaban J connectivity index is 1.67. The second-order valence-corrected chi connectivity index (χ2v) is 5.99. The first-order valence-electron chi connectivity index (χ1n) is 7.99. The summed E-state index contributed by atoms with van der Waals surface area (Å²) in [6, 6.07) is 1.90. The average molecular weight is 301 g/mol. The number of aryl methyl sites for hydroxylation is 1. The predicted octanol–water partition coefficient (Wildman–Crippen LogP) is 1.73. The first-order valence-corrected chi connectivity index (χ1v) is 7.99. The third kappa shape index (κ3) is 2.97.